The van der Waals surface area contributed by atoms with Crippen molar-refractivity contribution in [2.24, 2.45) is 0 Å². The second-order valence-electron chi connectivity index (χ2n) is 34.3. The fourth-order valence-corrected chi connectivity index (χ4v) is 16.9. The van der Waals surface area contributed by atoms with Crippen LogP contribution in [0, 0.1) is 11.8 Å². The van der Waals surface area contributed by atoms with Crippen LogP contribution >= 0.6 is 23.2 Å². The molecule has 2 atom stereocenters. The number of carbonyl (C=O) groups is 6. The summed E-state index contributed by atoms with van der Waals surface area (Å²) in [6.45, 7) is 6.57. The number of alkyl halides is 4. The topological polar surface area (TPSA) is 370 Å². The van der Waals surface area contributed by atoms with E-state index in [1.54, 1.807) is 99.2 Å². The van der Waals surface area contributed by atoms with Gasteiger partial charge in [0.25, 0.3) is 29.5 Å². The maximum Gasteiger partial charge on any atom is 0.416 e. The number of unbranched alkanes of at least 4 members (excludes halogenated alkanes) is 8. The number of ether oxygens (including phenoxy) is 6. The Morgan fingerprint density at radius 3 is 1.70 bits per heavy atom. The summed E-state index contributed by atoms with van der Waals surface area (Å²) in [6, 6.07) is 46.0. The lowest BCUT2D eigenvalue weighted by molar-refractivity contribution is -0.138. The molecule has 0 radical (unpaired) electrons. The van der Waals surface area contributed by atoms with Gasteiger partial charge in [-0.15, -0.1) is 0 Å². The molecule has 2 aliphatic carbocycles. The van der Waals surface area contributed by atoms with E-state index in [4.69, 9.17) is 56.8 Å². The first kappa shape index (κ1) is 110. The van der Waals surface area contributed by atoms with Gasteiger partial charge in [-0.3, -0.25) is 58.5 Å². The van der Waals surface area contributed by atoms with Crippen molar-refractivity contribution in [1.82, 2.24) is 55.5 Å². The summed E-state index contributed by atoms with van der Waals surface area (Å²) in [5.74, 6) is 5.87. The van der Waals surface area contributed by atoms with E-state index in [1.165, 1.54) is 119 Å². The molecule has 5 amide bonds. The van der Waals surface area contributed by atoms with Gasteiger partial charge in [0.1, 0.15) is 29.5 Å². The Bertz CT molecular complexity index is 6410. The Kier molecular flexibility index (Phi) is 43.5. The smallest absolute Gasteiger partial charge is 0.416 e. The molecule has 760 valence electrons. The van der Waals surface area contributed by atoms with Crippen molar-refractivity contribution in [1.29, 1.82) is 0 Å². The molecule has 0 spiro atoms. The van der Waals surface area contributed by atoms with Crippen molar-refractivity contribution in [2.45, 2.75) is 205 Å². The number of aryl methyl sites for hydroxylation is 3. The number of hydrogen-bond acceptors (Lipinski definition) is 21. The van der Waals surface area contributed by atoms with Gasteiger partial charge in [-0.25, -0.2) is 14.9 Å². The lowest BCUT2D eigenvalue weighted by Gasteiger charge is -2.18. The number of nitrogens with zero attached hydrogens (tertiary/aromatic N) is 8. The molecule has 2 unspecified atom stereocenters. The maximum absolute atomic E-state index is 13.0. The van der Waals surface area contributed by atoms with Crippen molar-refractivity contribution >= 4 is 92.3 Å². The Morgan fingerprint density at radius 2 is 1.11 bits per heavy atom. The van der Waals surface area contributed by atoms with Crippen LogP contribution < -0.4 is 70.9 Å². The fraction of sp³-hybridized carbons (Fsp3) is 0.367. The van der Waals surface area contributed by atoms with Crippen molar-refractivity contribution in [2.75, 3.05) is 64.5 Å². The molecular weight excluding hydrogens is 1890 g/mol. The van der Waals surface area contributed by atoms with Crippen LogP contribution in [0.4, 0.5) is 29.2 Å². The molecule has 1 aliphatic heterocycles. The van der Waals surface area contributed by atoms with E-state index in [1.807, 2.05) is 72.2 Å². The molecule has 12 aromatic rings. The quantitative estimate of drug-likeness (QED) is 0.00618. The number of aliphatic carboxylic acids is 1. The second kappa shape index (κ2) is 57.0. The van der Waals surface area contributed by atoms with Crippen LogP contribution in [0.5, 0.6) is 34.5 Å². The van der Waals surface area contributed by atoms with Crippen molar-refractivity contribution in [3.63, 3.8) is 0 Å². The average molecular weight is 2020 g/mol. The Balaban J connectivity index is 0.000000173. The molecule has 15 rings (SSSR count). The molecule has 35 heteroatoms. The molecule has 6 aromatic carbocycles. The van der Waals surface area contributed by atoms with Gasteiger partial charge in [0, 0.05) is 104 Å². The van der Waals surface area contributed by atoms with Crippen LogP contribution in [0.2, 0.25) is 10.0 Å². The van der Waals surface area contributed by atoms with Gasteiger partial charge in [0.15, 0.2) is 34.5 Å². The molecule has 3 fully saturated rings. The standard InChI is InChI=1S/C30H36Cl2N2O3.C23H24O4.C21H24N6O2.C19H16F3N3O2.C16H21FN2O5/c1-36-27-18-17-24(30(35)34-29-25(31)21-33-22-26(29)32)20-28(27)37-19-13-8-6-4-2-3-5-7-10-14-23-15-11-9-12-16-23;1-26-21-14-13-18(15-22(21)27-20-9-5-6-10-20)19(16-23(24)25)12-11-17-7-3-2-4-8-17;1-2-26-14-17(20(29)23-10-7-15-5-8-22-9-6-15)18(28)16-13-24-21(25-19(16)26)27-11-3-4-12-27;1-2-25-11-15(18(27)24-10-13-5-3-4-8-23-13)17(26)14-9-12(19(20,21)22)6-7-16(14)25;1-23-13-7-6-10(8-14(13)24-11-4-2-3-5-11)15(20)18-12(9-17)16(21)19-22/h9,11-12,15-18,20-22H,2-8,10,13-14,19H2,1H3,(H,33,34,35);2-4,7-8,13-15,19-20H,5-6,9-10,16H2,1H3,(H,24,25);5-6,8-9,13-14H,2-4,7,10-12H2,1H3,(H,23,29);3-9,11H,2,10H2,1H3,(H,24,27);6-8,11-12,22H,2-5,9H2,1H3,(H,18,20)(H,19,21). The number of carboxylic acid groups (broad SMARTS) is 1. The predicted octanol–water partition coefficient (Wildman–Crippen LogP) is 20.1. The van der Waals surface area contributed by atoms with E-state index in [9.17, 15) is 61.0 Å². The number of hydroxylamine groups is 1. The van der Waals surface area contributed by atoms with E-state index >= 15 is 0 Å². The van der Waals surface area contributed by atoms with Crippen LogP contribution in [0.1, 0.15) is 223 Å². The van der Waals surface area contributed by atoms with Crippen molar-refractivity contribution < 1.29 is 85.1 Å². The zero-order valence-corrected chi connectivity index (χ0v) is 82.7. The fourth-order valence-electron chi connectivity index (χ4n) is 16.4. The van der Waals surface area contributed by atoms with Crippen LogP contribution in [0.15, 0.2) is 223 Å². The summed E-state index contributed by atoms with van der Waals surface area (Å²) >= 11 is 12.2. The van der Waals surface area contributed by atoms with Crippen LogP contribution in [0.3, 0.4) is 0 Å². The van der Waals surface area contributed by atoms with E-state index in [-0.39, 0.29) is 74.5 Å². The van der Waals surface area contributed by atoms with Gasteiger partial charge in [-0.2, -0.15) is 18.2 Å². The number of carbonyl (C=O) groups excluding carboxylic acids is 5. The second-order valence-corrected chi connectivity index (χ2v) is 35.2. The molecule has 7 heterocycles. The van der Waals surface area contributed by atoms with E-state index in [0.29, 0.717) is 107 Å². The normalized spacial score (nSPS) is 13.1. The number of rotatable bonds is 39. The van der Waals surface area contributed by atoms with Crippen LogP contribution in [0.25, 0.3) is 21.9 Å². The lowest BCUT2D eigenvalue weighted by Crippen LogP contribution is -2.47. The van der Waals surface area contributed by atoms with Crippen molar-refractivity contribution in [3.8, 4) is 46.3 Å². The molecule has 1 saturated heterocycles. The van der Waals surface area contributed by atoms with Gasteiger partial charge >= 0.3 is 12.1 Å². The lowest BCUT2D eigenvalue weighted by atomic mass is 9.95. The van der Waals surface area contributed by atoms with Crippen molar-refractivity contribution in [3.05, 3.63) is 300 Å². The van der Waals surface area contributed by atoms with Crippen LogP contribution in [-0.2, 0) is 48.2 Å². The Morgan fingerprint density at radius 1 is 0.556 bits per heavy atom. The highest BCUT2D eigenvalue weighted by molar-refractivity contribution is 6.39. The summed E-state index contributed by atoms with van der Waals surface area (Å²) in [5.41, 5.74) is 5.90. The summed E-state index contributed by atoms with van der Waals surface area (Å²) in [6.07, 6.45) is 31.7. The molecule has 0 bridgehead atoms. The van der Waals surface area contributed by atoms with E-state index in [2.05, 4.69) is 93.3 Å². The van der Waals surface area contributed by atoms with Gasteiger partial charge in [0.05, 0.1) is 96.9 Å². The number of pyridine rings is 5. The molecule has 144 heavy (non-hydrogen) atoms. The number of halogens is 6. The third-order valence-electron chi connectivity index (χ3n) is 24.2. The van der Waals surface area contributed by atoms with E-state index < -0.39 is 59.5 Å². The highest BCUT2D eigenvalue weighted by atomic mass is 35.5. The number of aromatic nitrogens is 7. The third-order valence-corrected chi connectivity index (χ3v) is 24.8. The first-order valence-electron chi connectivity index (χ1n) is 48.3. The molecule has 7 N–H and O–H groups in total. The summed E-state index contributed by atoms with van der Waals surface area (Å²) in [7, 11) is 4.70. The van der Waals surface area contributed by atoms with Gasteiger partial charge < -0.3 is 68.8 Å². The number of anilines is 2. The minimum Gasteiger partial charge on any atom is -0.493 e. The first-order chi connectivity index (χ1) is 69.8. The average Bonchev–Trinajstić information content (AvgIpc) is 1.56. The zero-order valence-electron chi connectivity index (χ0n) is 81.2. The van der Waals surface area contributed by atoms with Crippen LogP contribution in [-0.4, -0.2) is 152 Å². The SMILES string of the molecule is CCn1cc(C(=O)NCCc2ccncc2)c(=O)c2cnc(N3CCCC3)nc21.CCn1cc(C(=O)NCc2ccccn2)c(=O)c2cc(C(F)(F)F)ccc21.COc1ccc(C(=O)NC(CF)C(=O)NO)cc1OC1CCCC1.COc1ccc(C(=O)Nc2c(Cl)cncc2Cl)cc1OCCCCCCCCCCCc1ccccc1.COc1ccc(C(C#Cc2ccccc2)CC(=O)O)cc1OC1CCCC1. The molecule has 3 aliphatic rings. The number of amides is 5. The van der Waals surface area contributed by atoms with Gasteiger partial charge in [0.2, 0.25) is 16.8 Å². The zero-order chi connectivity index (χ0) is 103. The summed E-state index contributed by atoms with van der Waals surface area (Å²) in [4.78, 5) is 121. The molecule has 29 nitrogen and oxygen atoms in total. The van der Waals surface area contributed by atoms with E-state index in [0.717, 1.165) is 106 Å². The highest BCUT2D eigenvalue weighted by Crippen LogP contribution is 2.39. The maximum atomic E-state index is 13.0. The number of benzene rings is 6. The molecule has 2 saturated carbocycles. The number of methoxy groups -OCH3 is 3. The van der Waals surface area contributed by atoms with Gasteiger partial charge in [-0.1, -0.05) is 141 Å². The highest BCUT2D eigenvalue weighted by Gasteiger charge is 2.33. The summed E-state index contributed by atoms with van der Waals surface area (Å²) in [5, 5.41) is 29.0. The Labute approximate surface area is 843 Å². The van der Waals surface area contributed by atoms with Gasteiger partial charge in [-0.05, 0) is 224 Å². The molecular formula is C109H121Cl2F4N13O16. The Hall–Kier alpha value is -14.5. The number of fused-ring (bicyclic) bond motifs is 2. The number of hydrogen-bond donors (Lipinski definition) is 7. The third kappa shape index (κ3) is 33.0. The minimum absolute atomic E-state index is 0.0605. The summed E-state index contributed by atoms with van der Waals surface area (Å²) < 4.78 is 89.3. The molecule has 6 aromatic heterocycles. The first-order valence-corrected chi connectivity index (χ1v) is 49.0. The largest absolute Gasteiger partial charge is 0.493 e. The monoisotopic (exact) mass is 2010 g/mol. The number of carboxylic acids is 1. The number of nitrogens with one attached hydrogen (secondary N) is 5. The predicted molar refractivity (Wildman–Crippen MR) is 545 cm³/mol. The minimum atomic E-state index is -4.57.